The SMILES string of the molecule is COc1cc(N)cc(Cl)c1C(=O)NC1CCN(CCCCCC(=O)OC2CN3CCC2CC3)C[C@@H]1OC. The van der Waals surface area contributed by atoms with Crippen molar-refractivity contribution in [2.45, 2.75) is 63.2 Å². The number of hydrogen-bond donors (Lipinski definition) is 2. The van der Waals surface area contributed by atoms with Crippen LogP contribution in [0.5, 0.6) is 5.75 Å². The number of likely N-dealkylation sites (tertiary alicyclic amines) is 1. The molecule has 4 saturated heterocycles. The molecule has 1 aromatic carbocycles. The molecule has 0 radical (unpaired) electrons. The molecule has 2 unspecified atom stereocenters. The fraction of sp³-hybridized carbons (Fsp3) is 0.704. The Morgan fingerprint density at radius 3 is 2.51 bits per heavy atom. The predicted molar refractivity (Wildman–Crippen MR) is 143 cm³/mol. The summed E-state index contributed by atoms with van der Waals surface area (Å²) in [6, 6.07) is 3.01. The third-order valence-electron chi connectivity index (χ3n) is 8.02. The lowest BCUT2D eigenvalue weighted by molar-refractivity contribution is -0.158. The van der Waals surface area contributed by atoms with Crippen molar-refractivity contribution in [3.63, 3.8) is 0 Å². The number of fused-ring (bicyclic) bond motifs is 3. The smallest absolute Gasteiger partial charge is 0.306 e. The summed E-state index contributed by atoms with van der Waals surface area (Å²) in [6.45, 7) is 5.74. The normalized spacial score (nSPS) is 27.6. The molecule has 1 aromatic rings. The molecule has 9 nitrogen and oxygen atoms in total. The third kappa shape index (κ3) is 7.28. The Kier molecular flexibility index (Phi) is 9.92. The van der Waals surface area contributed by atoms with E-state index in [0.29, 0.717) is 23.8 Å². The number of nitrogens with two attached hydrogens (primary N) is 1. The summed E-state index contributed by atoms with van der Waals surface area (Å²) in [5.74, 6) is 0.558. The lowest BCUT2D eigenvalue weighted by atomic mass is 9.86. The summed E-state index contributed by atoms with van der Waals surface area (Å²) >= 11 is 6.29. The summed E-state index contributed by atoms with van der Waals surface area (Å²) in [6.07, 6.45) is 6.39. The first-order valence-corrected chi connectivity index (χ1v) is 13.9. The Labute approximate surface area is 224 Å². The van der Waals surface area contributed by atoms with Crippen molar-refractivity contribution in [2.24, 2.45) is 5.92 Å². The van der Waals surface area contributed by atoms with E-state index < -0.39 is 0 Å². The lowest BCUT2D eigenvalue weighted by Gasteiger charge is -2.43. The zero-order valence-electron chi connectivity index (χ0n) is 22.0. The molecule has 5 rings (SSSR count). The monoisotopic (exact) mass is 536 g/mol. The molecule has 0 spiro atoms. The second kappa shape index (κ2) is 13.1. The van der Waals surface area contributed by atoms with Crippen LogP contribution in [0, 0.1) is 5.92 Å². The van der Waals surface area contributed by atoms with Crippen LogP contribution in [0.2, 0.25) is 5.02 Å². The maximum atomic E-state index is 13.0. The maximum absolute atomic E-state index is 13.0. The van der Waals surface area contributed by atoms with Gasteiger partial charge >= 0.3 is 5.97 Å². The van der Waals surface area contributed by atoms with Gasteiger partial charge in [-0.3, -0.25) is 14.5 Å². The Hall–Kier alpha value is -2.07. The van der Waals surface area contributed by atoms with E-state index in [1.165, 1.54) is 7.11 Å². The molecule has 1 amide bonds. The molecular formula is C27H41ClN4O5. The van der Waals surface area contributed by atoms with E-state index >= 15 is 0 Å². The van der Waals surface area contributed by atoms with Gasteiger partial charge in [-0.2, -0.15) is 0 Å². The number of anilines is 1. The Morgan fingerprint density at radius 2 is 1.84 bits per heavy atom. The first kappa shape index (κ1) is 28.0. The van der Waals surface area contributed by atoms with Crippen LogP contribution in [0.15, 0.2) is 12.1 Å². The van der Waals surface area contributed by atoms with E-state index in [1.807, 2.05) is 0 Å². The van der Waals surface area contributed by atoms with Crippen molar-refractivity contribution in [3.8, 4) is 5.75 Å². The van der Waals surface area contributed by atoms with Crippen LogP contribution in [0.4, 0.5) is 5.69 Å². The van der Waals surface area contributed by atoms with Gasteiger partial charge in [-0.15, -0.1) is 0 Å². The van der Waals surface area contributed by atoms with Gasteiger partial charge in [0.05, 0.1) is 24.3 Å². The molecule has 37 heavy (non-hydrogen) atoms. The van der Waals surface area contributed by atoms with E-state index in [1.54, 1.807) is 19.2 Å². The minimum absolute atomic E-state index is 0.0485. The number of unbranched alkanes of at least 4 members (excludes halogenated alkanes) is 2. The molecule has 206 valence electrons. The second-order valence-electron chi connectivity index (χ2n) is 10.5. The zero-order valence-corrected chi connectivity index (χ0v) is 22.8. The Balaban J connectivity index is 1.15. The minimum atomic E-state index is -0.299. The van der Waals surface area contributed by atoms with Crippen LogP contribution < -0.4 is 15.8 Å². The highest BCUT2D eigenvalue weighted by molar-refractivity contribution is 6.34. The van der Waals surface area contributed by atoms with E-state index in [4.69, 9.17) is 31.5 Å². The number of esters is 1. The number of halogens is 1. The lowest BCUT2D eigenvalue weighted by Crippen LogP contribution is -2.55. The van der Waals surface area contributed by atoms with Crippen molar-refractivity contribution >= 4 is 29.2 Å². The van der Waals surface area contributed by atoms with E-state index in [0.717, 1.165) is 77.8 Å². The number of nitrogens with zero attached hydrogens (tertiary/aromatic N) is 2. The van der Waals surface area contributed by atoms with Crippen LogP contribution in [0.3, 0.4) is 0 Å². The molecular weight excluding hydrogens is 496 g/mol. The van der Waals surface area contributed by atoms with E-state index in [9.17, 15) is 9.59 Å². The first-order valence-electron chi connectivity index (χ1n) is 13.5. The largest absolute Gasteiger partial charge is 0.496 e. The number of ether oxygens (including phenoxy) is 3. The van der Waals surface area contributed by atoms with Crippen molar-refractivity contribution in [1.29, 1.82) is 0 Å². The van der Waals surface area contributed by atoms with Crippen molar-refractivity contribution in [2.75, 3.05) is 59.2 Å². The van der Waals surface area contributed by atoms with Gasteiger partial charge in [0.25, 0.3) is 5.91 Å². The molecule has 0 saturated carbocycles. The van der Waals surface area contributed by atoms with Gasteiger partial charge in [0.2, 0.25) is 0 Å². The standard InChI is InChI=1S/C27H41ClN4O5/c1-35-22-15-19(29)14-20(28)26(22)27(34)30-21-9-13-31(17-24(21)36-2)10-5-3-4-6-25(33)37-23-16-32-11-7-18(23)8-12-32/h14-15,18,21,23-24H,3-13,16-17,29H2,1-2H3,(H,30,34)/t21?,23?,24-/m0/s1. The molecule has 2 bridgehead atoms. The number of piperidine rings is 4. The van der Waals surface area contributed by atoms with Gasteiger partial charge in [0, 0.05) is 44.9 Å². The second-order valence-corrected chi connectivity index (χ2v) is 10.9. The highest BCUT2D eigenvalue weighted by atomic mass is 35.5. The molecule has 4 fully saturated rings. The van der Waals surface area contributed by atoms with Crippen LogP contribution in [0.1, 0.15) is 55.3 Å². The molecule has 10 heteroatoms. The summed E-state index contributed by atoms with van der Waals surface area (Å²) in [5, 5.41) is 3.33. The predicted octanol–water partition coefficient (Wildman–Crippen LogP) is 2.95. The summed E-state index contributed by atoms with van der Waals surface area (Å²) in [5.41, 5.74) is 6.54. The number of amides is 1. The van der Waals surface area contributed by atoms with Gasteiger partial charge < -0.3 is 30.2 Å². The quantitative estimate of drug-likeness (QED) is 0.252. The van der Waals surface area contributed by atoms with Gasteiger partial charge in [-0.25, -0.2) is 0 Å². The molecule has 3 atom stereocenters. The third-order valence-corrected chi connectivity index (χ3v) is 8.32. The molecule has 4 aliphatic rings. The Morgan fingerprint density at radius 1 is 1.05 bits per heavy atom. The van der Waals surface area contributed by atoms with Gasteiger partial charge in [-0.1, -0.05) is 18.0 Å². The average Bonchev–Trinajstić information content (AvgIpc) is 2.89. The van der Waals surface area contributed by atoms with Crippen LogP contribution in [-0.2, 0) is 14.3 Å². The number of hydrogen-bond acceptors (Lipinski definition) is 8. The number of nitrogen functional groups attached to an aromatic ring is 1. The summed E-state index contributed by atoms with van der Waals surface area (Å²) in [4.78, 5) is 30.1. The highest BCUT2D eigenvalue weighted by Gasteiger charge is 2.36. The van der Waals surface area contributed by atoms with Crippen LogP contribution in [0.25, 0.3) is 0 Å². The molecule has 4 heterocycles. The number of nitrogens with one attached hydrogen (secondary N) is 1. The molecule has 0 aliphatic carbocycles. The zero-order chi connectivity index (χ0) is 26.4. The number of rotatable bonds is 11. The Bertz CT molecular complexity index is 940. The molecule has 0 aromatic heterocycles. The minimum Gasteiger partial charge on any atom is -0.496 e. The topological polar surface area (TPSA) is 106 Å². The fourth-order valence-corrected chi connectivity index (χ4v) is 6.17. The van der Waals surface area contributed by atoms with Gasteiger partial charge in [0.1, 0.15) is 17.4 Å². The number of benzene rings is 1. The molecule has 4 aliphatic heterocycles. The van der Waals surface area contributed by atoms with Crippen molar-refractivity contribution < 1.29 is 23.8 Å². The fourth-order valence-electron chi connectivity index (χ4n) is 5.86. The van der Waals surface area contributed by atoms with Crippen molar-refractivity contribution in [3.05, 3.63) is 22.7 Å². The van der Waals surface area contributed by atoms with Gasteiger partial charge in [0.15, 0.2) is 0 Å². The summed E-state index contributed by atoms with van der Waals surface area (Å²) in [7, 11) is 3.16. The number of carbonyl (C=O) groups is 2. The van der Waals surface area contributed by atoms with E-state index in [-0.39, 0.29) is 40.7 Å². The number of carbonyl (C=O) groups excluding carboxylic acids is 2. The number of methoxy groups -OCH3 is 2. The van der Waals surface area contributed by atoms with Crippen LogP contribution in [-0.4, -0.2) is 93.4 Å². The van der Waals surface area contributed by atoms with Crippen molar-refractivity contribution in [1.82, 2.24) is 15.1 Å². The first-order chi connectivity index (χ1) is 17.9. The van der Waals surface area contributed by atoms with E-state index in [2.05, 4.69) is 15.1 Å². The summed E-state index contributed by atoms with van der Waals surface area (Å²) < 4.78 is 16.8. The highest BCUT2D eigenvalue weighted by Crippen LogP contribution is 2.31. The molecule has 3 N–H and O–H groups in total. The average molecular weight is 537 g/mol. The van der Waals surface area contributed by atoms with Gasteiger partial charge in [-0.05, 0) is 63.7 Å². The van der Waals surface area contributed by atoms with Crippen LogP contribution >= 0.6 is 11.6 Å². The maximum Gasteiger partial charge on any atom is 0.306 e.